The van der Waals surface area contributed by atoms with Crippen LogP contribution >= 0.6 is 0 Å². The molecule has 0 N–H and O–H groups in total. The van der Waals surface area contributed by atoms with E-state index in [1.165, 1.54) is 30.0 Å². The number of benzene rings is 2. The number of aryl methyl sites for hydroxylation is 1. The molecule has 0 spiro atoms. The zero-order valence-electron chi connectivity index (χ0n) is 18.1. The van der Waals surface area contributed by atoms with E-state index in [0.29, 0.717) is 29.4 Å². The van der Waals surface area contributed by atoms with Gasteiger partial charge in [-0.3, -0.25) is 10.1 Å². The van der Waals surface area contributed by atoms with E-state index in [1.807, 2.05) is 7.05 Å². The first-order chi connectivity index (χ1) is 14.9. The second kappa shape index (κ2) is 7.60. The molecule has 2 aliphatic heterocycles. The number of hydrogen-bond donors (Lipinski definition) is 0. The standard InChI is InChI=1S/C23H27N5O3/c1-14-4-6-15(7-5-14)17-12-16-8-9-19(27(16)3)18(17)13-26(2)20-10-11-21(28(29)30)23-22(20)24-31-25-23/h4-7,10-11,16-19H,8-9,12-13H2,1-3H3/t16-,17-,18?,19?/m1/s1. The molecule has 2 bridgehead atoms. The Hall–Kier alpha value is -3.00. The minimum Gasteiger partial charge on any atom is -0.372 e. The fraction of sp³-hybridized carbons (Fsp3) is 0.478. The molecule has 5 rings (SSSR count). The van der Waals surface area contributed by atoms with Crippen molar-refractivity contribution < 1.29 is 9.55 Å². The Morgan fingerprint density at radius 1 is 1.16 bits per heavy atom. The summed E-state index contributed by atoms with van der Waals surface area (Å²) in [6.45, 7) is 2.96. The Bertz CT molecular complexity index is 1110. The van der Waals surface area contributed by atoms with Crippen LogP contribution in [-0.2, 0) is 0 Å². The van der Waals surface area contributed by atoms with Crippen molar-refractivity contribution in [1.29, 1.82) is 0 Å². The minimum atomic E-state index is -0.446. The summed E-state index contributed by atoms with van der Waals surface area (Å²) in [6.07, 6.45) is 3.62. The first-order valence-electron chi connectivity index (χ1n) is 10.8. The molecule has 2 unspecified atom stereocenters. The number of piperidine rings is 1. The number of rotatable bonds is 5. The molecule has 8 nitrogen and oxygen atoms in total. The first-order valence-corrected chi connectivity index (χ1v) is 10.8. The van der Waals surface area contributed by atoms with Gasteiger partial charge in [0.25, 0.3) is 0 Å². The van der Waals surface area contributed by atoms with E-state index in [9.17, 15) is 10.1 Å². The van der Waals surface area contributed by atoms with Crippen LogP contribution in [0.1, 0.15) is 36.3 Å². The van der Waals surface area contributed by atoms with Crippen molar-refractivity contribution in [1.82, 2.24) is 15.2 Å². The van der Waals surface area contributed by atoms with Gasteiger partial charge in [-0.25, -0.2) is 4.63 Å². The van der Waals surface area contributed by atoms with E-state index in [0.717, 1.165) is 18.7 Å². The van der Waals surface area contributed by atoms with Crippen LogP contribution in [0.3, 0.4) is 0 Å². The van der Waals surface area contributed by atoms with Crippen molar-refractivity contribution in [3.8, 4) is 0 Å². The Kier molecular flexibility index (Phi) is 4.89. The second-order valence-electron chi connectivity index (χ2n) is 9.08. The number of nitrogens with zero attached hydrogens (tertiary/aromatic N) is 5. The number of nitro groups is 1. The summed E-state index contributed by atoms with van der Waals surface area (Å²) in [5, 5.41) is 19.1. The predicted molar refractivity (Wildman–Crippen MR) is 118 cm³/mol. The number of non-ortho nitro benzene ring substituents is 1. The lowest BCUT2D eigenvalue weighted by atomic mass is 9.75. The second-order valence-corrected chi connectivity index (χ2v) is 9.08. The normalized spacial score (nSPS) is 25.8. The highest BCUT2D eigenvalue weighted by Crippen LogP contribution is 2.47. The molecule has 2 aliphatic rings. The number of fused-ring (bicyclic) bond motifs is 3. The molecule has 162 valence electrons. The Labute approximate surface area is 180 Å². The molecule has 0 amide bonds. The van der Waals surface area contributed by atoms with E-state index >= 15 is 0 Å². The lowest BCUT2D eigenvalue weighted by Crippen LogP contribution is -2.49. The van der Waals surface area contributed by atoms with E-state index < -0.39 is 4.92 Å². The summed E-state index contributed by atoms with van der Waals surface area (Å²) >= 11 is 0. The molecule has 3 aromatic rings. The molecule has 2 saturated heterocycles. The SMILES string of the molecule is Cc1ccc([C@H]2C[C@H]3CCC(C2CN(C)c2ccc([N+](=O)[O-])c4nonc24)N3C)cc1. The summed E-state index contributed by atoms with van der Waals surface area (Å²) in [6, 6.07) is 13.4. The molecule has 4 atom stereocenters. The number of hydrogen-bond acceptors (Lipinski definition) is 7. The van der Waals surface area contributed by atoms with Gasteiger partial charge in [0, 0.05) is 31.7 Å². The van der Waals surface area contributed by atoms with Gasteiger partial charge >= 0.3 is 5.69 Å². The molecule has 0 radical (unpaired) electrons. The maximum absolute atomic E-state index is 11.3. The fourth-order valence-corrected chi connectivity index (χ4v) is 5.73. The zero-order valence-corrected chi connectivity index (χ0v) is 18.1. The lowest BCUT2D eigenvalue weighted by Gasteiger charge is -2.45. The number of nitro benzene ring substituents is 1. The molecule has 0 saturated carbocycles. The van der Waals surface area contributed by atoms with Gasteiger partial charge in [0.15, 0.2) is 5.52 Å². The van der Waals surface area contributed by atoms with Gasteiger partial charge in [0.2, 0.25) is 5.52 Å². The maximum Gasteiger partial charge on any atom is 0.300 e. The van der Waals surface area contributed by atoms with Gasteiger partial charge in [-0.1, -0.05) is 29.8 Å². The fourth-order valence-electron chi connectivity index (χ4n) is 5.73. The van der Waals surface area contributed by atoms with Gasteiger partial charge in [-0.05, 0) is 67.0 Å². The van der Waals surface area contributed by atoms with Gasteiger partial charge in [-0.15, -0.1) is 0 Å². The molecular formula is C23H27N5O3. The van der Waals surface area contributed by atoms with Crippen molar-refractivity contribution >= 4 is 22.4 Å². The van der Waals surface area contributed by atoms with Crippen LogP contribution in [0, 0.1) is 23.0 Å². The van der Waals surface area contributed by atoms with E-state index in [2.05, 4.69) is 58.4 Å². The molecule has 3 heterocycles. The van der Waals surface area contributed by atoms with Crippen LogP contribution in [0.15, 0.2) is 41.0 Å². The van der Waals surface area contributed by atoms with Crippen molar-refractivity contribution in [2.45, 2.75) is 44.2 Å². The summed E-state index contributed by atoms with van der Waals surface area (Å²) in [7, 11) is 4.29. The van der Waals surface area contributed by atoms with Crippen LogP contribution < -0.4 is 4.90 Å². The Morgan fingerprint density at radius 3 is 2.65 bits per heavy atom. The van der Waals surface area contributed by atoms with Crippen molar-refractivity contribution in [3.63, 3.8) is 0 Å². The highest BCUT2D eigenvalue weighted by Gasteiger charge is 2.46. The van der Waals surface area contributed by atoms with Gasteiger partial charge in [0.05, 0.1) is 10.6 Å². The average molecular weight is 422 g/mol. The van der Waals surface area contributed by atoms with Gasteiger partial charge < -0.3 is 9.80 Å². The third-order valence-corrected chi connectivity index (χ3v) is 7.40. The zero-order chi connectivity index (χ0) is 21.7. The topological polar surface area (TPSA) is 88.5 Å². The monoisotopic (exact) mass is 421 g/mol. The third kappa shape index (κ3) is 3.35. The van der Waals surface area contributed by atoms with E-state index in [-0.39, 0.29) is 11.2 Å². The molecule has 2 aromatic carbocycles. The third-order valence-electron chi connectivity index (χ3n) is 7.40. The molecule has 0 aliphatic carbocycles. The smallest absolute Gasteiger partial charge is 0.300 e. The minimum absolute atomic E-state index is 0.0815. The largest absolute Gasteiger partial charge is 0.372 e. The lowest BCUT2D eigenvalue weighted by molar-refractivity contribution is -0.383. The molecule has 1 aromatic heterocycles. The van der Waals surface area contributed by atoms with Crippen LogP contribution in [0.2, 0.25) is 0 Å². The first kappa shape index (κ1) is 19.9. The maximum atomic E-state index is 11.3. The van der Waals surface area contributed by atoms with Crippen LogP contribution in [-0.4, -0.2) is 52.9 Å². The van der Waals surface area contributed by atoms with Crippen LogP contribution in [0.4, 0.5) is 11.4 Å². The predicted octanol–water partition coefficient (Wildman–Crippen LogP) is 4.14. The van der Waals surface area contributed by atoms with E-state index in [4.69, 9.17) is 4.63 Å². The summed E-state index contributed by atoms with van der Waals surface area (Å²) in [5.74, 6) is 0.933. The van der Waals surface area contributed by atoms with Gasteiger partial charge in [-0.2, -0.15) is 0 Å². The van der Waals surface area contributed by atoms with Crippen molar-refractivity contribution in [2.24, 2.45) is 5.92 Å². The van der Waals surface area contributed by atoms with Gasteiger partial charge in [0.1, 0.15) is 0 Å². The summed E-state index contributed by atoms with van der Waals surface area (Å²) < 4.78 is 4.86. The Morgan fingerprint density at radius 2 is 1.90 bits per heavy atom. The summed E-state index contributed by atoms with van der Waals surface area (Å²) in [4.78, 5) is 15.6. The Balaban J connectivity index is 1.48. The highest BCUT2D eigenvalue weighted by atomic mass is 16.6. The number of aromatic nitrogens is 2. The molecular weight excluding hydrogens is 394 g/mol. The van der Waals surface area contributed by atoms with Crippen LogP contribution in [0.5, 0.6) is 0 Å². The average Bonchev–Trinajstić information content (AvgIpc) is 3.32. The van der Waals surface area contributed by atoms with Crippen molar-refractivity contribution in [2.75, 3.05) is 25.5 Å². The molecule has 31 heavy (non-hydrogen) atoms. The summed E-state index contributed by atoms with van der Waals surface area (Å²) in [5.41, 5.74) is 4.06. The van der Waals surface area contributed by atoms with Crippen LogP contribution in [0.25, 0.3) is 11.0 Å². The highest BCUT2D eigenvalue weighted by molar-refractivity contribution is 5.93. The number of anilines is 1. The quantitative estimate of drug-likeness (QED) is 0.452. The van der Waals surface area contributed by atoms with Crippen molar-refractivity contribution in [3.05, 3.63) is 57.6 Å². The molecule has 8 heteroatoms. The molecule has 2 fully saturated rings. The van der Waals surface area contributed by atoms with E-state index in [1.54, 1.807) is 6.07 Å².